The molecule has 0 bridgehead atoms. The number of likely N-dealkylation sites (tertiary alicyclic amines) is 2. The number of carbonyl (C=O) groups excluding carboxylic acids is 1. The van der Waals surface area contributed by atoms with E-state index in [9.17, 15) is 9.90 Å². The first-order chi connectivity index (χ1) is 11.0. The number of nitrogens with zero attached hydrogens (tertiary/aromatic N) is 4. The largest absolute Gasteiger partial charge is 0.389 e. The highest BCUT2D eigenvalue weighted by molar-refractivity contribution is 6.30. The Kier molecular flexibility index (Phi) is 4.99. The van der Waals surface area contributed by atoms with Gasteiger partial charge in [-0.1, -0.05) is 11.6 Å². The zero-order valence-corrected chi connectivity index (χ0v) is 14.0. The molecule has 8 heteroatoms. The number of anilines is 1. The van der Waals surface area contributed by atoms with Gasteiger partial charge in [0, 0.05) is 25.7 Å². The SMILES string of the molecule is Cc1cc(N[C@@H]2CCCN(CC(=O)N3CC(O)C3)C2)nnc1Cl. The summed E-state index contributed by atoms with van der Waals surface area (Å²) in [5.41, 5.74) is 0.892. The molecule has 0 radical (unpaired) electrons. The van der Waals surface area contributed by atoms with Crippen LogP contribution in [0.25, 0.3) is 0 Å². The van der Waals surface area contributed by atoms with Gasteiger partial charge in [-0.25, -0.2) is 0 Å². The van der Waals surface area contributed by atoms with Crippen molar-refractivity contribution in [1.29, 1.82) is 0 Å². The van der Waals surface area contributed by atoms with E-state index in [0.29, 0.717) is 24.8 Å². The van der Waals surface area contributed by atoms with Crippen LogP contribution < -0.4 is 5.32 Å². The van der Waals surface area contributed by atoms with Crippen LogP contribution in [0.15, 0.2) is 6.07 Å². The number of aryl methyl sites for hydroxylation is 1. The van der Waals surface area contributed by atoms with Crippen LogP contribution in [-0.4, -0.2) is 75.9 Å². The quantitative estimate of drug-likeness (QED) is 0.832. The molecule has 1 amide bonds. The van der Waals surface area contributed by atoms with Gasteiger partial charge in [0.15, 0.2) is 5.15 Å². The monoisotopic (exact) mass is 339 g/mol. The van der Waals surface area contributed by atoms with E-state index in [4.69, 9.17) is 11.6 Å². The van der Waals surface area contributed by atoms with Crippen LogP contribution in [0.5, 0.6) is 0 Å². The van der Waals surface area contributed by atoms with Gasteiger partial charge in [0.25, 0.3) is 0 Å². The lowest BCUT2D eigenvalue weighted by Crippen LogP contribution is -2.57. The number of rotatable bonds is 4. The summed E-state index contributed by atoms with van der Waals surface area (Å²) in [5, 5.41) is 21.1. The standard InChI is InChI=1S/C15H22ClN5O2/c1-10-5-13(18-19-15(10)16)17-11-3-2-4-20(6-11)9-14(23)21-7-12(22)8-21/h5,11-12,22H,2-4,6-9H2,1H3,(H,17,18)/t11-/m1/s1. The van der Waals surface area contributed by atoms with Crippen molar-refractivity contribution in [3.63, 3.8) is 0 Å². The van der Waals surface area contributed by atoms with E-state index in [1.54, 1.807) is 4.90 Å². The smallest absolute Gasteiger partial charge is 0.236 e. The Morgan fingerprint density at radius 2 is 2.22 bits per heavy atom. The van der Waals surface area contributed by atoms with Crippen LogP contribution in [0, 0.1) is 6.92 Å². The highest BCUT2D eigenvalue weighted by Gasteiger charge is 2.30. The van der Waals surface area contributed by atoms with Crippen molar-refractivity contribution in [3.8, 4) is 0 Å². The molecule has 2 N–H and O–H groups in total. The van der Waals surface area contributed by atoms with E-state index < -0.39 is 0 Å². The number of nitrogens with one attached hydrogen (secondary N) is 1. The third-order valence-electron chi connectivity index (χ3n) is 4.36. The van der Waals surface area contributed by atoms with Crippen LogP contribution in [0.3, 0.4) is 0 Å². The van der Waals surface area contributed by atoms with E-state index in [0.717, 1.165) is 37.3 Å². The van der Waals surface area contributed by atoms with E-state index in [1.807, 2.05) is 13.0 Å². The van der Waals surface area contributed by atoms with Crippen molar-refractivity contribution < 1.29 is 9.90 Å². The molecule has 0 aliphatic carbocycles. The maximum atomic E-state index is 12.1. The third-order valence-corrected chi connectivity index (χ3v) is 4.73. The summed E-state index contributed by atoms with van der Waals surface area (Å²) >= 11 is 5.89. The van der Waals surface area contributed by atoms with Crippen LogP contribution in [0.4, 0.5) is 5.82 Å². The third kappa shape index (κ3) is 4.10. The summed E-state index contributed by atoms with van der Waals surface area (Å²) in [5.74, 6) is 0.814. The molecule has 1 aromatic rings. The van der Waals surface area contributed by atoms with Crippen molar-refractivity contribution in [2.75, 3.05) is 38.0 Å². The maximum Gasteiger partial charge on any atom is 0.236 e. The van der Waals surface area contributed by atoms with Gasteiger partial charge in [0.1, 0.15) is 5.82 Å². The second kappa shape index (κ2) is 6.98. The van der Waals surface area contributed by atoms with Crippen LogP contribution in [-0.2, 0) is 4.79 Å². The van der Waals surface area contributed by atoms with Crippen molar-refractivity contribution in [2.24, 2.45) is 0 Å². The molecule has 23 heavy (non-hydrogen) atoms. The number of aromatic nitrogens is 2. The number of hydrogen-bond acceptors (Lipinski definition) is 6. The first kappa shape index (κ1) is 16.4. The Labute approximate surface area is 140 Å². The van der Waals surface area contributed by atoms with Crippen molar-refractivity contribution >= 4 is 23.3 Å². The maximum absolute atomic E-state index is 12.1. The van der Waals surface area contributed by atoms with Gasteiger partial charge in [-0.2, -0.15) is 0 Å². The van der Waals surface area contributed by atoms with Gasteiger partial charge >= 0.3 is 0 Å². The van der Waals surface area contributed by atoms with Crippen LogP contribution in [0.2, 0.25) is 5.15 Å². The number of amides is 1. The average molecular weight is 340 g/mol. The molecular weight excluding hydrogens is 318 g/mol. The summed E-state index contributed by atoms with van der Waals surface area (Å²) in [4.78, 5) is 16.0. The average Bonchev–Trinajstić information content (AvgIpc) is 2.48. The predicted octanol–water partition coefficient (Wildman–Crippen LogP) is 0.518. The number of carbonyl (C=O) groups is 1. The first-order valence-corrected chi connectivity index (χ1v) is 8.33. The highest BCUT2D eigenvalue weighted by atomic mass is 35.5. The van der Waals surface area contributed by atoms with Crippen molar-refractivity contribution in [3.05, 3.63) is 16.8 Å². The van der Waals surface area contributed by atoms with Gasteiger partial charge in [-0.15, -0.1) is 10.2 Å². The molecule has 126 valence electrons. The lowest BCUT2D eigenvalue weighted by molar-refractivity contribution is -0.142. The van der Waals surface area contributed by atoms with Gasteiger partial charge in [0.05, 0.1) is 12.6 Å². The summed E-state index contributed by atoms with van der Waals surface area (Å²) in [6.07, 6.45) is 1.73. The molecule has 3 rings (SSSR count). The lowest BCUT2D eigenvalue weighted by Gasteiger charge is -2.39. The number of aliphatic hydroxyl groups is 1. The second-order valence-electron chi connectivity index (χ2n) is 6.37. The first-order valence-electron chi connectivity index (χ1n) is 7.96. The minimum absolute atomic E-state index is 0.0954. The molecule has 0 aromatic carbocycles. The summed E-state index contributed by atoms with van der Waals surface area (Å²) in [6.45, 7) is 4.96. The molecule has 0 unspecified atom stereocenters. The van der Waals surface area contributed by atoms with E-state index >= 15 is 0 Å². The predicted molar refractivity (Wildman–Crippen MR) is 87.5 cm³/mol. The molecule has 2 saturated heterocycles. The summed E-state index contributed by atoms with van der Waals surface area (Å²) < 4.78 is 0. The van der Waals surface area contributed by atoms with Crippen LogP contribution in [0.1, 0.15) is 18.4 Å². The lowest BCUT2D eigenvalue weighted by atomic mass is 10.1. The Morgan fingerprint density at radius 1 is 1.43 bits per heavy atom. The summed E-state index contributed by atoms with van der Waals surface area (Å²) in [7, 11) is 0. The van der Waals surface area contributed by atoms with Gasteiger partial charge < -0.3 is 15.3 Å². The topological polar surface area (TPSA) is 81.6 Å². The van der Waals surface area contributed by atoms with Gasteiger partial charge in [0.2, 0.25) is 5.91 Å². The van der Waals surface area contributed by atoms with E-state index in [1.165, 1.54) is 0 Å². The van der Waals surface area contributed by atoms with Gasteiger partial charge in [-0.05, 0) is 37.9 Å². The number of piperidine rings is 1. The zero-order valence-electron chi connectivity index (χ0n) is 13.2. The fourth-order valence-corrected chi connectivity index (χ4v) is 3.11. The number of halogens is 1. The van der Waals surface area contributed by atoms with Crippen molar-refractivity contribution in [1.82, 2.24) is 20.0 Å². The minimum Gasteiger partial charge on any atom is -0.389 e. The zero-order chi connectivity index (χ0) is 16.4. The highest BCUT2D eigenvalue weighted by Crippen LogP contribution is 2.18. The molecule has 0 saturated carbocycles. The number of hydrogen-bond donors (Lipinski definition) is 2. The van der Waals surface area contributed by atoms with Gasteiger partial charge in [-0.3, -0.25) is 9.69 Å². The van der Waals surface area contributed by atoms with Crippen LogP contribution >= 0.6 is 11.6 Å². The normalized spacial score (nSPS) is 22.7. The molecule has 1 aromatic heterocycles. The Balaban J connectivity index is 1.51. The Hall–Kier alpha value is -1.44. The minimum atomic E-state index is -0.346. The molecule has 1 atom stereocenters. The van der Waals surface area contributed by atoms with E-state index in [-0.39, 0.29) is 18.1 Å². The fraction of sp³-hybridized carbons (Fsp3) is 0.667. The number of β-amino-alcohol motifs (C(OH)–C–C–N with tert-alkyl or cyclic N) is 1. The molecule has 2 fully saturated rings. The number of aliphatic hydroxyl groups excluding tert-OH is 1. The van der Waals surface area contributed by atoms with Crippen molar-refractivity contribution in [2.45, 2.75) is 31.9 Å². The molecule has 3 heterocycles. The Bertz CT molecular complexity index is 579. The molecule has 7 nitrogen and oxygen atoms in total. The van der Waals surface area contributed by atoms with E-state index in [2.05, 4.69) is 20.4 Å². The molecule has 2 aliphatic rings. The Morgan fingerprint density at radius 3 is 2.91 bits per heavy atom. The molecular formula is C15H22ClN5O2. The second-order valence-corrected chi connectivity index (χ2v) is 6.73. The fourth-order valence-electron chi connectivity index (χ4n) is 3.02. The molecule has 0 spiro atoms. The summed E-state index contributed by atoms with van der Waals surface area (Å²) in [6, 6.07) is 2.13. The molecule has 2 aliphatic heterocycles.